The third-order valence-electron chi connectivity index (χ3n) is 13.9. The summed E-state index contributed by atoms with van der Waals surface area (Å²) < 4.78 is 2.25. The highest BCUT2D eigenvalue weighted by molar-refractivity contribution is 6.11. The van der Waals surface area contributed by atoms with Crippen molar-refractivity contribution in [3.05, 3.63) is 240 Å². The van der Waals surface area contributed by atoms with E-state index in [2.05, 4.69) is 188 Å². The predicted octanol–water partition coefficient (Wildman–Crippen LogP) is 13.7. The van der Waals surface area contributed by atoms with Crippen molar-refractivity contribution in [2.45, 2.75) is 42.9 Å². The molecule has 0 spiro atoms. The molecule has 0 saturated heterocycles. The second-order valence-electron chi connectivity index (χ2n) is 17.6. The molecule has 0 radical (unpaired) electrons. The lowest BCUT2D eigenvalue weighted by Gasteiger charge is -2.24. The van der Waals surface area contributed by atoms with Gasteiger partial charge in [0.05, 0.1) is 11.0 Å². The average molecular weight is 797 g/mol. The summed E-state index contributed by atoms with van der Waals surface area (Å²) in [4.78, 5) is 15.4. The Morgan fingerprint density at radius 2 is 0.968 bits per heavy atom. The second kappa shape index (κ2) is 14.1. The summed E-state index contributed by atoms with van der Waals surface area (Å²) in [6, 6.07) is 74.9. The van der Waals surface area contributed by atoms with Crippen molar-refractivity contribution in [3.63, 3.8) is 0 Å². The summed E-state index contributed by atoms with van der Waals surface area (Å²) in [5.41, 5.74) is 14.6. The molecule has 0 N–H and O–H groups in total. The Bertz CT molecular complexity index is 3180. The van der Waals surface area contributed by atoms with Crippen LogP contribution < -0.4 is 0 Å². The Labute approximate surface area is 362 Å². The third-order valence-corrected chi connectivity index (χ3v) is 13.9. The van der Waals surface area contributed by atoms with Crippen LogP contribution in [0.15, 0.2) is 206 Å². The Morgan fingerprint density at radius 1 is 0.452 bits per heavy atom. The molecule has 2 aliphatic rings. The van der Waals surface area contributed by atoms with E-state index in [1.165, 1.54) is 55.3 Å². The number of benzene rings is 8. The number of hydrogen-bond acceptors (Lipinski definition) is 3. The Kier molecular flexibility index (Phi) is 8.27. The molecule has 296 valence electrons. The molecule has 2 heterocycles. The molecular weight excluding hydrogens is 753 g/mol. The SMILES string of the molecule is CC1(C)c2cc(CC3(c4ccccc4)C(c4ccccc4)C3c3ccccc3)ccc2-c2cc3c4ccccc4n(-c4nc(-c5ccccc5)nc(-c5ccccc5)n4)c3cc21. The maximum atomic E-state index is 5.21. The minimum Gasteiger partial charge on any atom is -0.278 e. The normalized spacial score (nSPS) is 18.4. The van der Waals surface area contributed by atoms with E-state index in [4.69, 9.17) is 15.0 Å². The lowest BCUT2D eigenvalue weighted by atomic mass is 9.79. The first-order valence-electron chi connectivity index (χ1n) is 21.7. The summed E-state index contributed by atoms with van der Waals surface area (Å²) in [5, 5.41) is 2.36. The number of hydrogen-bond donors (Lipinski definition) is 0. The van der Waals surface area contributed by atoms with Gasteiger partial charge in [0, 0.05) is 44.6 Å². The molecule has 2 aromatic heterocycles. The van der Waals surface area contributed by atoms with Gasteiger partial charge in [-0.1, -0.05) is 202 Å². The van der Waals surface area contributed by atoms with Crippen LogP contribution in [-0.2, 0) is 17.3 Å². The lowest BCUT2D eigenvalue weighted by Crippen LogP contribution is -2.18. The largest absolute Gasteiger partial charge is 0.278 e. The number of fused-ring (bicyclic) bond motifs is 6. The van der Waals surface area contributed by atoms with Crippen LogP contribution in [0.4, 0.5) is 0 Å². The van der Waals surface area contributed by atoms with Gasteiger partial charge in [-0.25, -0.2) is 4.98 Å². The number of aromatic nitrogens is 4. The van der Waals surface area contributed by atoms with Gasteiger partial charge in [0.1, 0.15) is 0 Å². The van der Waals surface area contributed by atoms with Crippen LogP contribution in [0.2, 0.25) is 0 Å². The number of para-hydroxylation sites is 1. The molecule has 1 saturated carbocycles. The van der Waals surface area contributed by atoms with Crippen LogP contribution in [0, 0.1) is 0 Å². The van der Waals surface area contributed by atoms with Gasteiger partial charge in [-0.2, -0.15) is 9.97 Å². The van der Waals surface area contributed by atoms with E-state index in [9.17, 15) is 0 Å². The molecule has 2 aliphatic carbocycles. The van der Waals surface area contributed by atoms with E-state index < -0.39 is 0 Å². The molecule has 62 heavy (non-hydrogen) atoms. The Balaban J connectivity index is 1.01. The molecule has 0 amide bonds. The van der Waals surface area contributed by atoms with E-state index in [0.717, 1.165) is 28.6 Å². The van der Waals surface area contributed by atoms with Crippen molar-refractivity contribution in [1.29, 1.82) is 0 Å². The maximum Gasteiger partial charge on any atom is 0.238 e. The second-order valence-corrected chi connectivity index (χ2v) is 17.6. The zero-order valence-corrected chi connectivity index (χ0v) is 34.8. The van der Waals surface area contributed by atoms with Crippen molar-refractivity contribution < 1.29 is 0 Å². The quantitative estimate of drug-likeness (QED) is 0.154. The third kappa shape index (κ3) is 5.63. The molecule has 2 atom stereocenters. The molecule has 8 aromatic carbocycles. The Morgan fingerprint density at radius 3 is 1.56 bits per heavy atom. The van der Waals surface area contributed by atoms with Crippen LogP contribution in [-0.4, -0.2) is 19.5 Å². The van der Waals surface area contributed by atoms with Gasteiger partial charge in [-0.05, 0) is 69.1 Å². The Hall–Kier alpha value is -7.43. The van der Waals surface area contributed by atoms with Gasteiger partial charge in [0.2, 0.25) is 5.95 Å². The van der Waals surface area contributed by atoms with Gasteiger partial charge < -0.3 is 0 Å². The summed E-state index contributed by atoms with van der Waals surface area (Å²) in [5.74, 6) is 2.63. The number of rotatable bonds is 8. The fourth-order valence-corrected chi connectivity index (χ4v) is 11.0. The van der Waals surface area contributed by atoms with Crippen LogP contribution in [0.3, 0.4) is 0 Å². The lowest BCUT2D eigenvalue weighted by molar-refractivity contribution is 0.633. The van der Waals surface area contributed by atoms with Crippen molar-refractivity contribution in [2.75, 3.05) is 0 Å². The maximum absolute atomic E-state index is 5.21. The van der Waals surface area contributed by atoms with Crippen molar-refractivity contribution in [3.8, 4) is 39.9 Å². The highest BCUT2D eigenvalue weighted by atomic mass is 15.2. The summed E-state index contributed by atoms with van der Waals surface area (Å²) in [6.45, 7) is 4.79. The first-order chi connectivity index (χ1) is 30.5. The molecular formula is C58H44N4. The average Bonchev–Trinajstić information content (AvgIpc) is 3.82. The van der Waals surface area contributed by atoms with Crippen LogP contribution in [0.5, 0.6) is 0 Å². The minimum absolute atomic E-state index is 0.0824. The van der Waals surface area contributed by atoms with Crippen molar-refractivity contribution in [2.24, 2.45) is 0 Å². The van der Waals surface area contributed by atoms with Gasteiger partial charge in [0.15, 0.2) is 11.6 Å². The van der Waals surface area contributed by atoms with E-state index >= 15 is 0 Å². The highest BCUT2D eigenvalue weighted by Crippen LogP contribution is 2.72. The van der Waals surface area contributed by atoms with Crippen LogP contribution in [0.25, 0.3) is 61.7 Å². The van der Waals surface area contributed by atoms with Crippen LogP contribution in [0.1, 0.15) is 59.1 Å². The predicted molar refractivity (Wildman–Crippen MR) is 253 cm³/mol. The first-order valence-corrected chi connectivity index (χ1v) is 21.7. The van der Waals surface area contributed by atoms with Crippen LogP contribution >= 0.6 is 0 Å². The summed E-state index contributed by atoms with van der Waals surface area (Å²) >= 11 is 0. The highest BCUT2D eigenvalue weighted by Gasteiger charge is 2.65. The van der Waals surface area contributed by atoms with Crippen molar-refractivity contribution >= 4 is 21.8 Å². The molecule has 12 rings (SSSR count). The fraction of sp³-hybridized carbons (Fsp3) is 0.121. The monoisotopic (exact) mass is 796 g/mol. The van der Waals surface area contributed by atoms with Gasteiger partial charge >= 0.3 is 0 Å². The zero-order chi connectivity index (χ0) is 41.4. The standard InChI is InChI=1S/C58H44N4/c1-57(2)48-34-38(37-58(43-28-16-7-17-29-43)52(39-20-8-3-9-21-39)53(58)40-22-10-4-11-23-40)32-33-44(48)46-35-47-45-30-18-19-31-50(45)62(51(47)36-49(46)57)56-60-54(41-24-12-5-13-25-41)59-55(61-56)42-26-14-6-15-27-42/h3-36,52-53H,37H2,1-2H3. The first kappa shape index (κ1) is 36.4. The van der Waals surface area contributed by atoms with Gasteiger partial charge in [0.25, 0.3) is 0 Å². The smallest absolute Gasteiger partial charge is 0.238 e. The van der Waals surface area contributed by atoms with E-state index in [1.54, 1.807) is 0 Å². The van der Waals surface area contributed by atoms with Gasteiger partial charge in [-0.15, -0.1) is 0 Å². The zero-order valence-electron chi connectivity index (χ0n) is 34.8. The molecule has 0 bridgehead atoms. The summed E-state index contributed by atoms with van der Waals surface area (Å²) in [6.07, 6.45) is 0.945. The summed E-state index contributed by atoms with van der Waals surface area (Å²) in [7, 11) is 0. The molecule has 4 heteroatoms. The fourth-order valence-electron chi connectivity index (χ4n) is 11.0. The topological polar surface area (TPSA) is 43.6 Å². The molecule has 10 aromatic rings. The minimum atomic E-state index is -0.249. The molecule has 2 unspecified atom stereocenters. The molecule has 0 aliphatic heterocycles. The molecule has 4 nitrogen and oxygen atoms in total. The van der Waals surface area contributed by atoms with Gasteiger partial charge in [-0.3, -0.25) is 4.57 Å². The molecule has 1 fully saturated rings. The van der Waals surface area contributed by atoms with E-state index in [1.807, 2.05) is 36.4 Å². The van der Waals surface area contributed by atoms with Crippen molar-refractivity contribution in [1.82, 2.24) is 19.5 Å². The number of nitrogens with zero attached hydrogens (tertiary/aromatic N) is 4. The van der Waals surface area contributed by atoms with E-state index in [-0.39, 0.29) is 10.8 Å². The van der Waals surface area contributed by atoms with E-state index in [0.29, 0.717) is 29.4 Å².